The second-order valence-electron chi connectivity index (χ2n) is 5.35. The summed E-state index contributed by atoms with van der Waals surface area (Å²) in [5, 5.41) is 8.97. The summed E-state index contributed by atoms with van der Waals surface area (Å²) < 4.78 is 11.5. The number of halogens is 2. The average molecular weight is 384 g/mol. The van der Waals surface area contributed by atoms with Crippen LogP contribution in [0.4, 0.5) is 0 Å². The Hall–Kier alpha value is -2.89. The van der Waals surface area contributed by atoms with E-state index in [9.17, 15) is 0 Å². The number of benzene rings is 2. The van der Waals surface area contributed by atoms with Crippen LogP contribution in [-0.4, -0.2) is 15.2 Å². The lowest BCUT2D eigenvalue weighted by Gasteiger charge is -2.07. The summed E-state index contributed by atoms with van der Waals surface area (Å²) in [4.78, 5) is 4.08. The first-order valence-corrected chi connectivity index (χ1v) is 8.43. The maximum Gasteiger partial charge on any atom is 0.248 e. The lowest BCUT2D eigenvalue weighted by Crippen LogP contribution is -1.89. The van der Waals surface area contributed by atoms with E-state index in [1.165, 1.54) is 6.20 Å². The lowest BCUT2D eigenvalue weighted by molar-refractivity contribution is 0.463. The van der Waals surface area contributed by atoms with E-state index in [4.69, 9.17) is 32.4 Å². The van der Waals surface area contributed by atoms with Crippen LogP contribution in [0.3, 0.4) is 0 Å². The van der Waals surface area contributed by atoms with E-state index in [2.05, 4.69) is 15.2 Å². The summed E-state index contributed by atoms with van der Waals surface area (Å²) in [6.07, 6.45) is 1.47. The fraction of sp³-hybridized carbons (Fsp3) is 0. The van der Waals surface area contributed by atoms with E-state index >= 15 is 0 Å². The van der Waals surface area contributed by atoms with Gasteiger partial charge in [0.1, 0.15) is 10.8 Å². The van der Waals surface area contributed by atoms with Crippen molar-refractivity contribution in [1.82, 2.24) is 15.2 Å². The molecule has 0 fully saturated rings. The second-order valence-corrected chi connectivity index (χ2v) is 6.19. The molecule has 2 heterocycles. The van der Waals surface area contributed by atoms with Gasteiger partial charge in [0.05, 0.1) is 5.02 Å². The number of ether oxygens (including phenoxy) is 1. The molecule has 0 bridgehead atoms. The molecule has 0 N–H and O–H groups in total. The van der Waals surface area contributed by atoms with E-state index in [-0.39, 0.29) is 5.88 Å². The third-order valence-electron chi connectivity index (χ3n) is 3.52. The molecule has 0 radical (unpaired) electrons. The van der Waals surface area contributed by atoms with Gasteiger partial charge in [-0.3, -0.25) is 0 Å². The fourth-order valence-corrected chi connectivity index (χ4v) is 2.74. The van der Waals surface area contributed by atoms with Crippen molar-refractivity contribution in [3.8, 4) is 34.5 Å². The molecule has 0 saturated carbocycles. The van der Waals surface area contributed by atoms with Gasteiger partial charge in [-0.15, -0.1) is 10.2 Å². The van der Waals surface area contributed by atoms with E-state index in [0.717, 1.165) is 11.1 Å². The van der Waals surface area contributed by atoms with Gasteiger partial charge in [0.2, 0.25) is 17.7 Å². The van der Waals surface area contributed by atoms with Crippen molar-refractivity contribution in [2.24, 2.45) is 0 Å². The summed E-state index contributed by atoms with van der Waals surface area (Å²) in [5.74, 6) is 1.65. The van der Waals surface area contributed by atoms with E-state index in [0.29, 0.717) is 27.6 Å². The molecule has 0 amide bonds. The van der Waals surface area contributed by atoms with Crippen molar-refractivity contribution in [3.05, 3.63) is 76.9 Å². The molecule has 26 heavy (non-hydrogen) atoms. The van der Waals surface area contributed by atoms with Crippen LogP contribution in [0, 0.1) is 0 Å². The van der Waals surface area contributed by atoms with Crippen molar-refractivity contribution in [2.75, 3.05) is 0 Å². The fourth-order valence-electron chi connectivity index (χ4n) is 2.32. The van der Waals surface area contributed by atoms with Crippen molar-refractivity contribution in [1.29, 1.82) is 0 Å². The highest BCUT2D eigenvalue weighted by Crippen LogP contribution is 2.31. The first kappa shape index (κ1) is 16.6. The van der Waals surface area contributed by atoms with Gasteiger partial charge in [-0.2, -0.15) is 0 Å². The molecule has 4 aromatic rings. The zero-order valence-corrected chi connectivity index (χ0v) is 14.8. The maximum absolute atomic E-state index is 6.09. The monoisotopic (exact) mass is 383 g/mol. The van der Waals surface area contributed by atoms with Gasteiger partial charge in [0, 0.05) is 17.3 Å². The Morgan fingerprint density at radius 2 is 1.54 bits per heavy atom. The Morgan fingerprint density at radius 1 is 0.808 bits per heavy atom. The third kappa shape index (κ3) is 3.54. The predicted molar refractivity (Wildman–Crippen MR) is 99.5 cm³/mol. The first-order chi connectivity index (χ1) is 12.7. The van der Waals surface area contributed by atoms with Crippen LogP contribution < -0.4 is 4.74 Å². The highest BCUT2D eigenvalue weighted by Gasteiger charge is 2.12. The van der Waals surface area contributed by atoms with Gasteiger partial charge in [-0.25, -0.2) is 4.98 Å². The number of rotatable bonds is 4. The number of aromatic nitrogens is 3. The topological polar surface area (TPSA) is 61.0 Å². The molecule has 0 unspecified atom stereocenters. The summed E-state index contributed by atoms with van der Waals surface area (Å²) in [6.45, 7) is 0. The number of pyridine rings is 1. The molecule has 0 saturated heterocycles. The third-order valence-corrected chi connectivity index (χ3v) is 3.99. The van der Waals surface area contributed by atoms with Gasteiger partial charge >= 0.3 is 0 Å². The average Bonchev–Trinajstić information content (AvgIpc) is 3.15. The first-order valence-electron chi connectivity index (χ1n) is 7.67. The SMILES string of the molecule is Clc1cnc(Oc2cccc(-c3nnc(-c4ccccc4)o3)c2)c(Cl)c1. The van der Waals surface area contributed by atoms with Crippen LogP contribution in [0.15, 0.2) is 71.3 Å². The normalized spacial score (nSPS) is 10.7. The van der Waals surface area contributed by atoms with Crippen molar-refractivity contribution in [2.45, 2.75) is 0 Å². The smallest absolute Gasteiger partial charge is 0.248 e. The number of nitrogens with zero attached hydrogens (tertiary/aromatic N) is 3. The quantitative estimate of drug-likeness (QED) is 0.439. The molecule has 0 aliphatic rings. The number of hydrogen-bond donors (Lipinski definition) is 0. The van der Waals surface area contributed by atoms with Crippen molar-refractivity contribution < 1.29 is 9.15 Å². The molecule has 0 aliphatic carbocycles. The molecular formula is C19H11Cl2N3O2. The minimum atomic E-state index is 0.267. The van der Waals surface area contributed by atoms with Crippen LogP contribution in [0.2, 0.25) is 10.0 Å². The van der Waals surface area contributed by atoms with Crippen molar-refractivity contribution >= 4 is 23.2 Å². The van der Waals surface area contributed by atoms with Crippen LogP contribution in [0.5, 0.6) is 11.6 Å². The van der Waals surface area contributed by atoms with Crippen LogP contribution >= 0.6 is 23.2 Å². The lowest BCUT2D eigenvalue weighted by atomic mass is 10.2. The largest absolute Gasteiger partial charge is 0.438 e. The zero-order chi connectivity index (χ0) is 17.9. The Bertz CT molecular complexity index is 1050. The molecule has 0 aliphatic heterocycles. The van der Waals surface area contributed by atoms with Gasteiger partial charge in [-0.05, 0) is 36.4 Å². The molecule has 2 aromatic heterocycles. The summed E-state index contributed by atoms with van der Waals surface area (Å²) in [7, 11) is 0. The highest BCUT2D eigenvalue weighted by molar-refractivity contribution is 6.35. The Kier molecular flexibility index (Phi) is 4.56. The zero-order valence-electron chi connectivity index (χ0n) is 13.3. The Morgan fingerprint density at radius 3 is 2.31 bits per heavy atom. The Labute approximate surface area is 159 Å². The summed E-state index contributed by atoms with van der Waals surface area (Å²) in [6, 6.07) is 18.4. The Balaban J connectivity index is 1.61. The van der Waals surface area contributed by atoms with Crippen LogP contribution in [0.25, 0.3) is 22.9 Å². The maximum atomic E-state index is 6.09. The van der Waals surface area contributed by atoms with E-state index < -0.39 is 0 Å². The van der Waals surface area contributed by atoms with Crippen LogP contribution in [-0.2, 0) is 0 Å². The van der Waals surface area contributed by atoms with Gasteiger partial charge in [0.15, 0.2) is 0 Å². The van der Waals surface area contributed by atoms with Gasteiger partial charge in [0.25, 0.3) is 0 Å². The molecule has 128 valence electrons. The van der Waals surface area contributed by atoms with Crippen LogP contribution in [0.1, 0.15) is 0 Å². The molecule has 2 aromatic carbocycles. The molecular weight excluding hydrogens is 373 g/mol. The van der Waals surface area contributed by atoms with Gasteiger partial charge < -0.3 is 9.15 Å². The predicted octanol–water partition coefficient (Wildman–Crippen LogP) is 5.90. The number of hydrogen-bond acceptors (Lipinski definition) is 5. The summed E-state index contributed by atoms with van der Waals surface area (Å²) in [5.41, 5.74) is 1.58. The molecule has 4 rings (SSSR count). The van der Waals surface area contributed by atoms with Crippen molar-refractivity contribution in [3.63, 3.8) is 0 Å². The summed E-state index contributed by atoms with van der Waals surface area (Å²) >= 11 is 11.9. The standard InChI is InChI=1S/C19H11Cl2N3O2/c20-14-10-16(21)19(22-11-14)25-15-8-4-7-13(9-15)18-24-23-17(26-18)12-5-2-1-3-6-12/h1-11H. The highest BCUT2D eigenvalue weighted by atomic mass is 35.5. The minimum absolute atomic E-state index is 0.267. The molecule has 5 nitrogen and oxygen atoms in total. The van der Waals surface area contributed by atoms with E-state index in [1.807, 2.05) is 42.5 Å². The minimum Gasteiger partial charge on any atom is -0.438 e. The van der Waals surface area contributed by atoms with E-state index in [1.54, 1.807) is 18.2 Å². The molecule has 0 spiro atoms. The second kappa shape index (κ2) is 7.15. The molecule has 0 atom stereocenters. The molecule has 7 heteroatoms. The van der Waals surface area contributed by atoms with Gasteiger partial charge in [-0.1, -0.05) is 47.5 Å².